The maximum absolute atomic E-state index is 15.3. The molecule has 0 atom stereocenters. The lowest BCUT2D eigenvalue weighted by molar-refractivity contribution is 0.222. The summed E-state index contributed by atoms with van der Waals surface area (Å²) < 4.78 is 21.3. The maximum Gasteiger partial charge on any atom is 0.173 e. The molecule has 0 bridgehead atoms. The number of hydrogen-bond donors (Lipinski definition) is 2. The number of pyridine rings is 1. The molecule has 0 fully saturated rings. The van der Waals surface area contributed by atoms with Crippen molar-refractivity contribution in [2.75, 3.05) is 29.1 Å². The quantitative estimate of drug-likeness (QED) is 0.566. The van der Waals surface area contributed by atoms with Gasteiger partial charge in [0, 0.05) is 30.2 Å². The molecule has 5 nitrogen and oxygen atoms in total. The SMILES string of the molecule is C=C1C(C)=CN2c3c(c(NCCCc4ccccn4)c(F)c(N)c31)OCC2(C)C. The predicted molar refractivity (Wildman–Crippen MR) is 117 cm³/mol. The summed E-state index contributed by atoms with van der Waals surface area (Å²) in [7, 11) is 0. The highest BCUT2D eigenvalue weighted by atomic mass is 19.1. The van der Waals surface area contributed by atoms with Crippen LogP contribution in [0.2, 0.25) is 0 Å². The lowest BCUT2D eigenvalue weighted by Crippen LogP contribution is -2.50. The molecule has 2 aromatic rings. The second-order valence-electron chi connectivity index (χ2n) is 8.27. The van der Waals surface area contributed by atoms with E-state index in [-0.39, 0.29) is 11.2 Å². The first kappa shape index (κ1) is 19.3. The Hall–Kier alpha value is -3.02. The normalized spacial score (nSPS) is 16.8. The number of ether oxygens (including phenoxy) is 1. The van der Waals surface area contributed by atoms with Crippen LogP contribution in [-0.4, -0.2) is 23.7 Å². The van der Waals surface area contributed by atoms with E-state index in [2.05, 4.69) is 41.8 Å². The van der Waals surface area contributed by atoms with E-state index in [0.717, 1.165) is 35.4 Å². The van der Waals surface area contributed by atoms with Gasteiger partial charge in [0.25, 0.3) is 0 Å². The number of halogens is 1. The Labute approximate surface area is 171 Å². The summed E-state index contributed by atoms with van der Waals surface area (Å²) in [6.45, 7) is 11.3. The summed E-state index contributed by atoms with van der Waals surface area (Å²) in [4.78, 5) is 6.47. The average molecular weight is 394 g/mol. The van der Waals surface area contributed by atoms with E-state index < -0.39 is 5.82 Å². The van der Waals surface area contributed by atoms with Crippen LogP contribution in [0.4, 0.5) is 21.5 Å². The van der Waals surface area contributed by atoms with Gasteiger partial charge in [-0.1, -0.05) is 12.6 Å². The maximum atomic E-state index is 15.3. The molecule has 4 rings (SSSR count). The van der Waals surface area contributed by atoms with Crippen molar-refractivity contribution in [1.29, 1.82) is 0 Å². The molecule has 3 N–H and O–H groups in total. The third-order valence-corrected chi connectivity index (χ3v) is 5.61. The monoisotopic (exact) mass is 394 g/mol. The predicted octanol–water partition coefficient (Wildman–Crippen LogP) is 4.76. The van der Waals surface area contributed by atoms with Crippen molar-refractivity contribution in [1.82, 2.24) is 4.98 Å². The van der Waals surface area contributed by atoms with Gasteiger partial charge in [-0.2, -0.15) is 0 Å². The number of benzene rings is 1. The van der Waals surface area contributed by atoms with Gasteiger partial charge < -0.3 is 20.7 Å². The minimum absolute atomic E-state index is 0.111. The molecule has 0 unspecified atom stereocenters. The van der Waals surface area contributed by atoms with E-state index in [1.54, 1.807) is 6.20 Å². The Morgan fingerprint density at radius 2 is 2.17 bits per heavy atom. The molecule has 1 aromatic carbocycles. The van der Waals surface area contributed by atoms with Crippen molar-refractivity contribution in [2.24, 2.45) is 0 Å². The van der Waals surface area contributed by atoms with Gasteiger partial charge >= 0.3 is 0 Å². The molecule has 0 radical (unpaired) electrons. The molecule has 2 aliphatic rings. The van der Waals surface area contributed by atoms with Gasteiger partial charge in [-0.15, -0.1) is 0 Å². The molecule has 0 saturated heterocycles. The zero-order valence-corrected chi connectivity index (χ0v) is 17.2. The molecule has 0 amide bonds. The number of nitrogens with zero attached hydrogens (tertiary/aromatic N) is 2. The van der Waals surface area contributed by atoms with E-state index in [1.165, 1.54) is 0 Å². The van der Waals surface area contributed by atoms with Gasteiger partial charge in [-0.05, 0) is 56.9 Å². The fourth-order valence-corrected chi connectivity index (χ4v) is 3.90. The van der Waals surface area contributed by atoms with Crippen molar-refractivity contribution in [3.05, 3.63) is 59.8 Å². The first-order valence-electron chi connectivity index (χ1n) is 9.90. The standard InChI is InChI=1S/C23H27FN4O/c1-14-12-28-21-17(15(14)2)19(25)18(24)20(22(21)29-13-23(28,3)4)27-11-7-9-16-8-5-6-10-26-16/h5-6,8,10,12,27H,2,7,9,11,13,25H2,1,3-4H3. The van der Waals surface area contributed by atoms with Crippen LogP contribution >= 0.6 is 0 Å². The number of anilines is 3. The number of aryl methyl sites for hydroxylation is 1. The summed E-state index contributed by atoms with van der Waals surface area (Å²) in [5, 5.41) is 3.22. The minimum Gasteiger partial charge on any atom is -0.487 e. The number of nitrogens with two attached hydrogens (primary N) is 1. The summed E-state index contributed by atoms with van der Waals surface area (Å²) in [6, 6.07) is 5.85. The van der Waals surface area contributed by atoms with Crippen LogP contribution in [0.1, 0.15) is 38.4 Å². The smallest absolute Gasteiger partial charge is 0.173 e. The molecule has 0 saturated carbocycles. The van der Waals surface area contributed by atoms with Gasteiger partial charge in [0.15, 0.2) is 11.6 Å². The number of aromatic nitrogens is 1. The zero-order chi connectivity index (χ0) is 20.8. The van der Waals surface area contributed by atoms with Crippen molar-refractivity contribution in [2.45, 2.75) is 39.2 Å². The minimum atomic E-state index is -0.480. The van der Waals surface area contributed by atoms with Crippen LogP contribution in [0.15, 0.2) is 42.7 Å². The Morgan fingerprint density at radius 3 is 2.90 bits per heavy atom. The Balaban J connectivity index is 1.66. The summed E-state index contributed by atoms with van der Waals surface area (Å²) in [5.74, 6) is 0.0286. The van der Waals surface area contributed by atoms with Gasteiger partial charge in [-0.25, -0.2) is 4.39 Å². The third-order valence-electron chi connectivity index (χ3n) is 5.61. The van der Waals surface area contributed by atoms with E-state index in [4.69, 9.17) is 10.5 Å². The van der Waals surface area contributed by atoms with Crippen LogP contribution < -0.4 is 20.7 Å². The topological polar surface area (TPSA) is 63.4 Å². The first-order valence-corrected chi connectivity index (χ1v) is 9.90. The second-order valence-corrected chi connectivity index (χ2v) is 8.27. The molecule has 152 valence electrons. The Morgan fingerprint density at radius 1 is 1.38 bits per heavy atom. The number of hydrogen-bond acceptors (Lipinski definition) is 5. The number of nitrogen functional groups attached to an aromatic ring is 1. The molecule has 0 aliphatic carbocycles. The van der Waals surface area contributed by atoms with Gasteiger partial charge in [-0.3, -0.25) is 4.98 Å². The van der Waals surface area contributed by atoms with Crippen LogP contribution in [0.25, 0.3) is 5.57 Å². The molecule has 2 aliphatic heterocycles. The molecule has 29 heavy (non-hydrogen) atoms. The fourth-order valence-electron chi connectivity index (χ4n) is 3.90. The molecular formula is C23H27FN4O. The lowest BCUT2D eigenvalue weighted by atomic mass is 9.88. The van der Waals surface area contributed by atoms with Crippen molar-refractivity contribution >= 4 is 22.6 Å². The zero-order valence-electron chi connectivity index (χ0n) is 17.2. The van der Waals surface area contributed by atoms with E-state index in [9.17, 15) is 0 Å². The number of rotatable bonds is 5. The summed E-state index contributed by atoms with van der Waals surface area (Å²) >= 11 is 0. The Kier molecular flexibility index (Phi) is 4.73. The molecule has 1 aromatic heterocycles. The lowest BCUT2D eigenvalue weighted by Gasteiger charge is -2.46. The van der Waals surface area contributed by atoms with Crippen LogP contribution in [0.3, 0.4) is 0 Å². The molecule has 3 heterocycles. The highest BCUT2D eigenvalue weighted by Gasteiger charge is 2.41. The fraction of sp³-hybridized carbons (Fsp3) is 0.348. The summed E-state index contributed by atoms with van der Waals surface area (Å²) in [5.41, 5.74) is 10.6. The van der Waals surface area contributed by atoms with Crippen molar-refractivity contribution in [3.63, 3.8) is 0 Å². The molecular weight excluding hydrogens is 367 g/mol. The number of allylic oxidation sites excluding steroid dienone is 2. The third kappa shape index (κ3) is 3.22. The largest absolute Gasteiger partial charge is 0.487 e. The van der Waals surface area contributed by atoms with Crippen molar-refractivity contribution < 1.29 is 9.13 Å². The van der Waals surface area contributed by atoms with Crippen LogP contribution in [0, 0.1) is 5.82 Å². The summed E-state index contributed by atoms with van der Waals surface area (Å²) in [6.07, 6.45) is 5.46. The van der Waals surface area contributed by atoms with Gasteiger partial charge in [0.1, 0.15) is 12.3 Å². The number of nitrogens with one attached hydrogen (secondary N) is 1. The highest BCUT2D eigenvalue weighted by molar-refractivity contribution is 6.00. The van der Waals surface area contributed by atoms with Gasteiger partial charge in [0.05, 0.1) is 16.9 Å². The van der Waals surface area contributed by atoms with Crippen LogP contribution in [0.5, 0.6) is 5.75 Å². The highest BCUT2D eigenvalue weighted by Crippen LogP contribution is 2.54. The van der Waals surface area contributed by atoms with Crippen molar-refractivity contribution in [3.8, 4) is 5.75 Å². The average Bonchev–Trinajstić information content (AvgIpc) is 2.70. The van der Waals surface area contributed by atoms with E-state index in [1.807, 2.05) is 25.1 Å². The Bertz CT molecular complexity index is 998. The van der Waals surface area contributed by atoms with E-state index in [0.29, 0.717) is 30.2 Å². The molecule has 6 heteroatoms. The second kappa shape index (κ2) is 7.10. The van der Waals surface area contributed by atoms with E-state index >= 15 is 4.39 Å². The molecule has 0 spiro atoms. The van der Waals surface area contributed by atoms with Crippen LogP contribution in [-0.2, 0) is 6.42 Å². The van der Waals surface area contributed by atoms with Gasteiger partial charge in [0.2, 0.25) is 0 Å². The first-order chi connectivity index (χ1) is 13.8.